The molecule has 0 fully saturated rings. The Morgan fingerprint density at radius 1 is 1.59 bits per heavy atom. The van der Waals surface area contributed by atoms with Gasteiger partial charge in [0.25, 0.3) is 0 Å². The van der Waals surface area contributed by atoms with Crippen molar-refractivity contribution in [2.24, 2.45) is 0 Å². The van der Waals surface area contributed by atoms with E-state index in [4.69, 9.17) is 21.7 Å². The molecule has 0 aliphatic rings. The summed E-state index contributed by atoms with van der Waals surface area (Å²) in [5, 5.41) is 0. The molecule has 0 aliphatic carbocycles. The zero-order valence-electron chi connectivity index (χ0n) is 8.63. The fraction of sp³-hybridized carbons (Fsp3) is 0.250. The Balaban J connectivity index is 2.06. The molecule has 2 aromatic heterocycles. The fourth-order valence-corrected chi connectivity index (χ4v) is 1.67. The van der Waals surface area contributed by atoms with E-state index in [1.807, 2.05) is 0 Å². The zero-order chi connectivity index (χ0) is 12.3. The van der Waals surface area contributed by atoms with Gasteiger partial charge in [0.2, 0.25) is 5.98 Å². The molecule has 2 rings (SSSR count). The van der Waals surface area contributed by atoms with Gasteiger partial charge in [0.15, 0.2) is 29.8 Å². The number of halogens is 1. The molecule has 3 N–H and O–H groups in total. The highest BCUT2D eigenvalue weighted by molar-refractivity contribution is 7.76. The van der Waals surface area contributed by atoms with E-state index in [0.29, 0.717) is 29.2 Å². The van der Waals surface area contributed by atoms with E-state index in [1.165, 1.54) is 6.33 Å². The van der Waals surface area contributed by atoms with Gasteiger partial charge in [-0.3, -0.25) is 0 Å². The highest BCUT2D eigenvalue weighted by atomic mass is 35.7. The van der Waals surface area contributed by atoms with Crippen LogP contribution in [0.3, 0.4) is 0 Å². The smallest absolute Gasteiger partial charge is 0.228 e. The van der Waals surface area contributed by atoms with Crippen LogP contribution in [0.1, 0.15) is 5.82 Å². The van der Waals surface area contributed by atoms with Crippen LogP contribution in [0.25, 0.3) is 11.2 Å². The fourth-order valence-electron chi connectivity index (χ4n) is 1.28. The van der Waals surface area contributed by atoms with E-state index in [-0.39, 0.29) is 6.61 Å². The summed E-state index contributed by atoms with van der Waals surface area (Å²) in [7, 11) is -1.92. The molecule has 0 aliphatic heterocycles. The minimum absolute atomic E-state index is 0.281. The summed E-state index contributed by atoms with van der Waals surface area (Å²) in [6.45, 7) is 0.281. The van der Waals surface area contributed by atoms with Crippen molar-refractivity contribution in [1.82, 2.24) is 19.9 Å². The molecule has 0 spiro atoms. The van der Waals surface area contributed by atoms with E-state index >= 15 is 0 Å². The number of nitrogens with two attached hydrogens (primary N) is 1. The molecule has 2 aromatic rings. The van der Waals surface area contributed by atoms with Crippen LogP contribution in [0.4, 0.5) is 5.82 Å². The van der Waals surface area contributed by atoms with Crippen LogP contribution in [-0.4, -0.2) is 32.5 Å². The Morgan fingerprint density at radius 3 is 3.18 bits per heavy atom. The van der Waals surface area contributed by atoms with E-state index in [2.05, 4.69) is 19.9 Å². The lowest BCUT2D eigenvalue weighted by atomic mass is 10.4. The lowest BCUT2D eigenvalue weighted by Crippen LogP contribution is -2.05. The molecule has 2 heterocycles. The summed E-state index contributed by atoms with van der Waals surface area (Å²) >= 11 is 5.21. The molecule has 0 aromatic carbocycles. The molecule has 1 atom stereocenters. The average Bonchev–Trinajstić information content (AvgIpc) is 2.72. The maximum atomic E-state index is 10.5. The number of H-pyrrole nitrogens is 1. The number of aromatic nitrogens is 4. The number of hydrogen-bond acceptors (Lipinski definition) is 6. The molecule has 17 heavy (non-hydrogen) atoms. The number of hydrogen-bond donors (Lipinski definition) is 2. The van der Waals surface area contributed by atoms with Gasteiger partial charge < -0.3 is 20.3 Å². The van der Waals surface area contributed by atoms with E-state index < -0.39 is 7.12 Å². The highest BCUT2D eigenvalue weighted by Gasteiger charge is 2.06. The van der Waals surface area contributed by atoms with Crippen LogP contribution < -0.4 is 10.6 Å². The molecule has 0 radical (unpaired) electrons. The van der Waals surface area contributed by atoms with Crippen LogP contribution >= 0.6 is 18.4 Å². The predicted molar refractivity (Wildman–Crippen MR) is 64.6 cm³/mol. The normalized spacial score (nSPS) is 12.2. The van der Waals surface area contributed by atoms with Gasteiger partial charge in [-0.1, -0.05) is 0 Å². The van der Waals surface area contributed by atoms with E-state index in [0.717, 1.165) is 5.98 Å². The summed E-state index contributed by atoms with van der Waals surface area (Å²) in [6, 6.07) is 0. The number of anilines is 1. The molecular weight excluding hydrogens is 265 g/mol. The molecule has 9 heteroatoms. The first-order valence-electron chi connectivity index (χ1n) is 4.69. The van der Waals surface area contributed by atoms with Crippen molar-refractivity contribution in [2.75, 3.05) is 12.3 Å². The SMILES string of the molecule is Nc1nc(CCOC=[P+]([O-])Cl)nc2nc[nH]c12. The number of nitrogens with zero attached hydrogens (tertiary/aromatic N) is 3. The first-order chi connectivity index (χ1) is 8.16. The number of ether oxygens (including phenoxy) is 1. The third-order valence-electron chi connectivity index (χ3n) is 1.96. The molecule has 0 saturated carbocycles. The van der Waals surface area contributed by atoms with E-state index in [1.54, 1.807) is 0 Å². The Kier molecular flexibility index (Phi) is 3.86. The van der Waals surface area contributed by atoms with Crippen molar-refractivity contribution in [2.45, 2.75) is 6.42 Å². The van der Waals surface area contributed by atoms with Gasteiger partial charge >= 0.3 is 0 Å². The van der Waals surface area contributed by atoms with Crippen LogP contribution in [-0.2, 0) is 11.2 Å². The summed E-state index contributed by atoms with van der Waals surface area (Å²) < 4.78 is 4.94. The van der Waals surface area contributed by atoms with Crippen LogP contribution in [0.15, 0.2) is 6.33 Å². The second-order valence-electron chi connectivity index (χ2n) is 3.12. The summed E-state index contributed by atoms with van der Waals surface area (Å²) in [6.07, 6.45) is 1.94. The van der Waals surface area contributed by atoms with Crippen LogP contribution in [0, 0.1) is 0 Å². The number of rotatable bonds is 4. The van der Waals surface area contributed by atoms with Crippen molar-refractivity contribution < 1.29 is 9.63 Å². The van der Waals surface area contributed by atoms with E-state index in [9.17, 15) is 4.89 Å². The molecule has 1 unspecified atom stereocenters. The van der Waals surface area contributed by atoms with Crippen molar-refractivity contribution >= 4 is 41.3 Å². The number of aromatic amines is 1. The molecule has 0 bridgehead atoms. The third kappa shape index (κ3) is 3.10. The maximum absolute atomic E-state index is 10.5. The lowest BCUT2D eigenvalue weighted by Gasteiger charge is -2.00. The second kappa shape index (κ2) is 5.37. The number of imidazole rings is 1. The minimum atomic E-state index is -1.92. The van der Waals surface area contributed by atoms with Gasteiger partial charge in [0.1, 0.15) is 11.3 Å². The summed E-state index contributed by atoms with van der Waals surface area (Å²) in [5.74, 6) is 1.93. The topological polar surface area (TPSA) is 113 Å². The number of nitrogens with one attached hydrogen (secondary N) is 1. The van der Waals surface area contributed by atoms with Crippen molar-refractivity contribution in [1.29, 1.82) is 0 Å². The third-order valence-corrected chi connectivity index (χ3v) is 2.51. The Labute approximate surface area is 102 Å². The molecule has 0 saturated heterocycles. The van der Waals surface area contributed by atoms with Crippen molar-refractivity contribution in [3.63, 3.8) is 0 Å². The Bertz CT molecular complexity index is 554. The van der Waals surface area contributed by atoms with Gasteiger partial charge in [0.05, 0.1) is 12.9 Å². The van der Waals surface area contributed by atoms with Gasteiger partial charge in [-0.15, -0.1) is 0 Å². The van der Waals surface area contributed by atoms with Gasteiger partial charge in [0, 0.05) is 6.42 Å². The first kappa shape index (κ1) is 12.2. The molecule has 7 nitrogen and oxygen atoms in total. The Morgan fingerprint density at radius 2 is 2.41 bits per heavy atom. The maximum Gasteiger partial charge on any atom is 0.228 e. The second-order valence-corrected chi connectivity index (χ2v) is 4.88. The van der Waals surface area contributed by atoms with Crippen LogP contribution in [0.2, 0.25) is 0 Å². The van der Waals surface area contributed by atoms with Crippen LogP contribution in [0.5, 0.6) is 0 Å². The zero-order valence-corrected chi connectivity index (χ0v) is 10.3. The number of nitrogen functional groups attached to an aromatic ring is 1. The monoisotopic (exact) mass is 273 g/mol. The Hall–Kier alpha value is -1.27. The summed E-state index contributed by atoms with van der Waals surface area (Å²) in [5.41, 5.74) is 6.84. The molecular formula is C8H9ClN5O2P. The molecule has 90 valence electrons. The van der Waals surface area contributed by atoms with Crippen molar-refractivity contribution in [3.05, 3.63) is 12.2 Å². The van der Waals surface area contributed by atoms with Gasteiger partial charge in [-0.25, -0.2) is 15.0 Å². The highest BCUT2D eigenvalue weighted by Crippen LogP contribution is 2.15. The average molecular weight is 274 g/mol. The minimum Gasteiger partial charge on any atom is -0.613 e. The molecule has 0 amide bonds. The number of fused-ring (bicyclic) bond motifs is 1. The lowest BCUT2D eigenvalue weighted by molar-refractivity contribution is -0.148. The quantitative estimate of drug-likeness (QED) is 0.606. The summed E-state index contributed by atoms with van der Waals surface area (Å²) in [4.78, 5) is 25.6. The largest absolute Gasteiger partial charge is 0.613 e. The van der Waals surface area contributed by atoms with Crippen molar-refractivity contribution in [3.8, 4) is 0 Å². The van der Waals surface area contributed by atoms with Gasteiger partial charge in [-0.2, -0.15) is 0 Å². The predicted octanol–water partition coefficient (Wildman–Crippen LogP) is 0.165. The standard InChI is InChI=1S/C8H9ClN5O2P/c9-17(15)4-16-2-1-5-13-7(10)6-8(14-5)12-3-11-6/h3-4H,1-2H2,(H3,10,11,12,13,14). The first-order valence-corrected chi connectivity index (χ1v) is 6.93. The van der Waals surface area contributed by atoms with Gasteiger partial charge in [-0.05, 0) is 0 Å².